The van der Waals surface area contributed by atoms with E-state index in [9.17, 15) is 4.79 Å². The molecule has 0 radical (unpaired) electrons. The predicted octanol–water partition coefficient (Wildman–Crippen LogP) is 0.349. The Morgan fingerprint density at radius 3 is 3.13 bits per heavy atom. The van der Waals surface area contributed by atoms with Crippen molar-refractivity contribution < 1.29 is 9.53 Å². The molecule has 2 rings (SSSR count). The van der Waals surface area contributed by atoms with Gasteiger partial charge >= 0.3 is 6.09 Å². The van der Waals surface area contributed by atoms with E-state index in [0.29, 0.717) is 17.9 Å². The lowest BCUT2D eigenvalue weighted by Crippen LogP contribution is -2.29. The first-order valence-corrected chi connectivity index (χ1v) is 4.95. The summed E-state index contributed by atoms with van der Waals surface area (Å²) in [5, 5.41) is 9.99. The molecule has 1 unspecified atom stereocenters. The van der Waals surface area contributed by atoms with Gasteiger partial charge in [-0.05, 0) is 18.6 Å². The van der Waals surface area contributed by atoms with Crippen LogP contribution in [0.1, 0.15) is 12.5 Å². The molecular formula is C7H11N5O2S. The highest BCUT2D eigenvalue weighted by atomic mass is 32.1. The van der Waals surface area contributed by atoms with E-state index >= 15 is 0 Å². The topological polar surface area (TPSA) is 76.0 Å². The van der Waals surface area contributed by atoms with Gasteiger partial charge in [-0.3, -0.25) is 0 Å². The van der Waals surface area contributed by atoms with E-state index in [0.717, 1.165) is 6.42 Å². The number of H-pyrrole nitrogens is 1. The van der Waals surface area contributed by atoms with Crippen LogP contribution in [0.4, 0.5) is 4.79 Å². The maximum Gasteiger partial charge on any atom is 0.409 e. The number of rotatable bonds is 1. The molecule has 0 bridgehead atoms. The second-order valence-corrected chi connectivity index (χ2v) is 3.68. The van der Waals surface area contributed by atoms with Crippen molar-refractivity contribution in [3.8, 4) is 0 Å². The van der Waals surface area contributed by atoms with Gasteiger partial charge in [-0.2, -0.15) is 5.21 Å². The minimum absolute atomic E-state index is 0.117. The first-order chi connectivity index (χ1) is 7.22. The van der Waals surface area contributed by atoms with E-state index in [1.54, 1.807) is 9.58 Å². The highest BCUT2D eigenvalue weighted by Gasteiger charge is 2.28. The third kappa shape index (κ3) is 1.84. The lowest BCUT2D eigenvalue weighted by Gasteiger charge is -2.14. The molecule has 1 N–H and O–H groups in total. The first-order valence-electron chi connectivity index (χ1n) is 4.55. The zero-order chi connectivity index (χ0) is 10.8. The second kappa shape index (κ2) is 3.97. The summed E-state index contributed by atoms with van der Waals surface area (Å²) in [5.41, 5.74) is 0. The van der Waals surface area contributed by atoms with E-state index in [-0.39, 0.29) is 12.1 Å². The molecule has 0 aromatic carbocycles. The number of aromatic amines is 1. The van der Waals surface area contributed by atoms with Gasteiger partial charge < -0.3 is 9.64 Å². The molecule has 1 aliphatic rings. The summed E-state index contributed by atoms with van der Waals surface area (Å²) in [6.45, 7) is 1.24. The highest BCUT2D eigenvalue weighted by molar-refractivity contribution is 7.71. The molecule has 1 saturated heterocycles. The SMILES string of the molecule is COC(=O)N1CCC(n2[nH]nnc2=S)C1. The number of methoxy groups -OCH3 is 1. The minimum Gasteiger partial charge on any atom is -0.453 e. The van der Waals surface area contributed by atoms with Crippen LogP contribution in [0.15, 0.2) is 0 Å². The van der Waals surface area contributed by atoms with Gasteiger partial charge in [0.2, 0.25) is 4.77 Å². The maximum atomic E-state index is 11.2. The molecule has 1 aliphatic heterocycles. The van der Waals surface area contributed by atoms with Crippen LogP contribution in [0.2, 0.25) is 0 Å². The van der Waals surface area contributed by atoms with Crippen molar-refractivity contribution in [2.75, 3.05) is 20.2 Å². The zero-order valence-electron chi connectivity index (χ0n) is 8.21. The summed E-state index contributed by atoms with van der Waals surface area (Å²) >= 11 is 4.98. The molecule has 1 fully saturated rings. The summed E-state index contributed by atoms with van der Waals surface area (Å²) < 4.78 is 6.74. The first kappa shape index (κ1) is 10.1. The van der Waals surface area contributed by atoms with E-state index in [2.05, 4.69) is 20.3 Å². The van der Waals surface area contributed by atoms with Gasteiger partial charge in [-0.25, -0.2) is 9.48 Å². The van der Waals surface area contributed by atoms with Crippen LogP contribution in [0.25, 0.3) is 0 Å². The van der Waals surface area contributed by atoms with Gasteiger partial charge in [-0.15, -0.1) is 0 Å². The Morgan fingerprint density at radius 2 is 2.53 bits per heavy atom. The molecule has 1 aromatic rings. The monoisotopic (exact) mass is 229 g/mol. The van der Waals surface area contributed by atoms with Crippen molar-refractivity contribution in [3.05, 3.63) is 4.77 Å². The highest BCUT2D eigenvalue weighted by Crippen LogP contribution is 2.20. The lowest BCUT2D eigenvalue weighted by molar-refractivity contribution is 0.131. The Hall–Kier alpha value is -1.44. The molecule has 8 heteroatoms. The van der Waals surface area contributed by atoms with Crippen molar-refractivity contribution in [3.63, 3.8) is 0 Å². The van der Waals surface area contributed by atoms with Crippen molar-refractivity contribution in [2.45, 2.75) is 12.5 Å². The number of aromatic nitrogens is 4. The van der Waals surface area contributed by atoms with Crippen LogP contribution in [0.5, 0.6) is 0 Å². The van der Waals surface area contributed by atoms with Crippen LogP contribution in [0, 0.1) is 4.77 Å². The van der Waals surface area contributed by atoms with Gasteiger partial charge in [0.15, 0.2) is 0 Å². The van der Waals surface area contributed by atoms with E-state index < -0.39 is 0 Å². The summed E-state index contributed by atoms with van der Waals surface area (Å²) in [6, 6.07) is 0.117. The summed E-state index contributed by atoms with van der Waals surface area (Å²) in [5.74, 6) is 0. The molecule has 7 nitrogen and oxygen atoms in total. The number of nitrogens with zero attached hydrogens (tertiary/aromatic N) is 4. The number of ether oxygens (including phenoxy) is 1. The Bertz CT molecular complexity index is 414. The van der Waals surface area contributed by atoms with Gasteiger partial charge in [0.1, 0.15) is 0 Å². The predicted molar refractivity (Wildman–Crippen MR) is 52.8 cm³/mol. The van der Waals surface area contributed by atoms with E-state index in [1.165, 1.54) is 7.11 Å². The van der Waals surface area contributed by atoms with Crippen molar-refractivity contribution in [1.82, 2.24) is 25.1 Å². The standard InChI is InChI=1S/C7H11N5O2S/c1-14-7(13)11-3-2-5(4-11)12-6(15)8-9-10-12/h5H,2-4H2,1H3,(H,8,10,15). The van der Waals surface area contributed by atoms with Crippen molar-refractivity contribution >= 4 is 18.3 Å². The molecule has 1 atom stereocenters. The Labute approximate surface area is 91.0 Å². The van der Waals surface area contributed by atoms with Crippen LogP contribution < -0.4 is 0 Å². The second-order valence-electron chi connectivity index (χ2n) is 3.31. The molecule has 15 heavy (non-hydrogen) atoms. The van der Waals surface area contributed by atoms with Crippen LogP contribution in [-0.4, -0.2) is 51.4 Å². The lowest BCUT2D eigenvalue weighted by atomic mass is 10.3. The molecule has 0 aliphatic carbocycles. The number of carbonyl (C=O) groups is 1. The number of hydrogen-bond donors (Lipinski definition) is 1. The summed E-state index contributed by atoms with van der Waals surface area (Å²) in [4.78, 5) is 12.9. The number of likely N-dealkylation sites (tertiary alicyclic amines) is 1. The van der Waals surface area contributed by atoms with Gasteiger partial charge in [0, 0.05) is 13.1 Å². The Kier molecular flexibility index (Phi) is 2.67. The number of tetrazole rings is 1. The molecule has 0 saturated carbocycles. The van der Waals surface area contributed by atoms with Crippen molar-refractivity contribution in [2.24, 2.45) is 0 Å². The summed E-state index contributed by atoms with van der Waals surface area (Å²) in [7, 11) is 1.37. The molecule has 0 spiro atoms. The molecule has 82 valence electrons. The largest absolute Gasteiger partial charge is 0.453 e. The zero-order valence-corrected chi connectivity index (χ0v) is 9.03. The minimum atomic E-state index is -0.309. The average molecular weight is 229 g/mol. The van der Waals surface area contributed by atoms with Gasteiger partial charge in [0.25, 0.3) is 0 Å². The molecular weight excluding hydrogens is 218 g/mol. The van der Waals surface area contributed by atoms with Crippen LogP contribution in [0.3, 0.4) is 0 Å². The summed E-state index contributed by atoms with van der Waals surface area (Å²) in [6.07, 6.45) is 0.518. The molecule has 2 heterocycles. The normalized spacial score (nSPS) is 20.6. The number of hydrogen-bond acceptors (Lipinski definition) is 5. The Morgan fingerprint density at radius 1 is 1.73 bits per heavy atom. The molecule has 1 amide bonds. The smallest absolute Gasteiger partial charge is 0.409 e. The van der Waals surface area contributed by atoms with Crippen LogP contribution in [-0.2, 0) is 4.74 Å². The van der Waals surface area contributed by atoms with Gasteiger partial charge in [-0.1, -0.05) is 10.3 Å². The van der Waals surface area contributed by atoms with E-state index in [4.69, 9.17) is 12.2 Å². The average Bonchev–Trinajstić information content (AvgIpc) is 2.84. The van der Waals surface area contributed by atoms with Gasteiger partial charge in [0.05, 0.1) is 13.2 Å². The fourth-order valence-corrected chi connectivity index (χ4v) is 1.92. The third-order valence-corrected chi connectivity index (χ3v) is 2.73. The fourth-order valence-electron chi connectivity index (χ4n) is 1.69. The number of nitrogens with one attached hydrogen (secondary N) is 1. The fraction of sp³-hybridized carbons (Fsp3) is 0.714. The number of amides is 1. The third-order valence-electron chi connectivity index (χ3n) is 2.46. The maximum absolute atomic E-state index is 11.2. The quantitative estimate of drug-likeness (QED) is 0.703. The molecule has 1 aromatic heterocycles. The number of carbonyl (C=O) groups excluding carboxylic acids is 1. The van der Waals surface area contributed by atoms with Crippen molar-refractivity contribution in [1.29, 1.82) is 0 Å². The van der Waals surface area contributed by atoms with Crippen LogP contribution >= 0.6 is 12.2 Å². The Balaban J connectivity index is 2.08. The van der Waals surface area contributed by atoms with E-state index in [1.807, 2.05) is 0 Å².